The van der Waals surface area contributed by atoms with Crippen molar-refractivity contribution in [2.24, 2.45) is 5.92 Å². The Morgan fingerprint density at radius 3 is 2.81 bits per heavy atom. The van der Waals surface area contributed by atoms with Crippen molar-refractivity contribution in [2.45, 2.75) is 70.6 Å². The average Bonchev–Trinajstić information content (AvgIpc) is 2.98. The third-order valence-electron chi connectivity index (χ3n) is 5.30. The van der Waals surface area contributed by atoms with Crippen LogP contribution in [0.25, 0.3) is 0 Å². The molecule has 1 aromatic heterocycles. The van der Waals surface area contributed by atoms with Crippen molar-refractivity contribution in [2.75, 3.05) is 13.1 Å². The maximum Gasteiger partial charge on any atom is 0.0764 e. The van der Waals surface area contributed by atoms with Crippen LogP contribution in [-0.2, 0) is 6.54 Å². The highest BCUT2D eigenvalue weighted by atomic mass is 16.3. The monoisotopic (exact) mass is 291 g/mol. The van der Waals surface area contributed by atoms with E-state index in [2.05, 4.69) is 28.8 Å². The first-order valence-corrected chi connectivity index (χ1v) is 8.70. The second-order valence-electron chi connectivity index (χ2n) is 6.84. The summed E-state index contributed by atoms with van der Waals surface area (Å²) in [5.74, 6) is 0.430. The molecule has 1 aliphatic heterocycles. The summed E-state index contributed by atoms with van der Waals surface area (Å²) in [5, 5.41) is 14.8. The Labute approximate surface area is 128 Å². The lowest BCUT2D eigenvalue weighted by atomic mass is 9.92. The van der Waals surface area contributed by atoms with Crippen LogP contribution in [0.15, 0.2) is 12.3 Å². The number of piperidine rings is 1. The van der Waals surface area contributed by atoms with Gasteiger partial charge in [0.15, 0.2) is 0 Å². The van der Waals surface area contributed by atoms with E-state index in [9.17, 15) is 5.11 Å². The summed E-state index contributed by atoms with van der Waals surface area (Å²) < 4.78 is 2.20. The van der Waals surface area contributed by atoms with E-state index >= 15 is 0 Å². The lowest BCUT2D eigenvalue weighted by Gasteiger charge is -2.35. The molecule has 2 atom stereocenters. The summed E-state index contributed by atoms with van der Waals surface area (Å²) in [6, 6.07) is 2.81. The first kappa shape index (κ1) is 15.0. The molecule has 1 N–H and O–H groups in total. The van der Waals surface area contributed by atoms with Crippen LogP contribution in [-0.4, -0.2) is 39.0 Å². The Balaban J connectivity index is 1.57. The molecular formula is C17H29N3O. The maximum absolute atomic E-state index is 9.98. The Morgan fingerprint density at radius 1 is 1.24 bits per heavy atom. The number of nitrogens with zero attached hydrogens (tertiary/aromatic N) is 3. The molecule has 2 unspecified atom stereocenters. The smallest absolute Gasteiger partial charge is 0.0764 e. The number of aliphatic hydroxyl groups is 1. The van der Waals surface area contributed by atoms with E-state index in [4.69, 9.17) is 5.10 Å². The third-order valence-corrected chi connectivity index (χ3v) is 5.30. The summed E-state index contributed by atoms with van der Waals surface area (Å²) in [6.45, 7) is 5.11. The van der Waals surface area contributed by atoms with Crippen molar-refractivity contribution in [3.05, 3.63) is 18.0 Å². The van der Waals surface area contributed by atoms with Crippen molar-refractivity contribution < 1.29 is 5.11 Å². The highest BCUT2D eigenvalue weighted by Crippen LogP contribution is 2.28. The minimum atomic E-state index is -0.106. The molecule has 0 amide bonds. The third kappa shape index (κ3) is 3.67. The average molecular weight is 291 g/mol. The molecule has 1 aromatic rings. The second kappa shape index (κ2) is 6.93. The molecule has 1 saturated carbocycles. The van der Waals surface area contributed by atoms with Gasteiger partial charge in [0.25, 0.3) is 0 Å². The zero-order chi connectivity index (χ0) is 14.7. The van der Waals surface area contributed by atoms with Gasteiger partial charge in [0.1, 0.15) is 0 Å². The summed E-state index contributed by atoms with van der Waals surface area (Å²) in [5.41, 5.74) is 1.19. The van der Waals surface area contributed by atoms with Crippen LogP contribution < -0.4 is 0 Å². The summed E-state index contributed by atoms with van der Waals surface area (Å²) in [6.07, 6.45) is 10.7. The molecule has 118 valence electrons. The molecule has 2 heterocycles. The fraction of sp³-hybridized carbons (Fsp3) is 0.824. The van der Waals surface area contributed by atoms with E-state index in [1.807, 2.05) is 0 Å². The molecule has 1 saturated heterocycles. The molecule has 21 heavy (non-hydrogen) atoms. The molecule has 4 heteroatoms. The van der Waals surface area contributed by atoms with E-state index in [-0.39, 0.29) is 6.10 Å². The van der Waals surface area contributed by atoms with Gasteiger partial charge in [-0.1, -0.05) is 26.2 Å². The van der Waals surface area contributed by atoms with E-state index in [0.717, 1.165) is 32.5 Å². The minimum Gasteiger partial charge on any atom is -0.393 e. The molecule has 0 bridgehead atoms. The number of rotatable bonds is 4. The number of hydrogen-bond donors (Lipinski definition) is 1. The number of hydrogen-bond acceptors (Lipinski definition) is 3. The lowest BCUT2D eigenvalue weighted by Crippen LogP contribution is -2.42. The number of aromatic nitrogens is 2. The van der Waals surface area contributed by atoms with E-state index in [1.165, 1.54) is 37.8 Å². The van der Waals surface area contributed by atoms with E-state index in [1.54, 1.807) is 0 Å². The zero-order valence-corrected chi connectivity index (χ0v) is 13.2. The standard InChI is InChI=1S/C17H29N3O/c1-2-14-12-19(10-9-17(14)21)13-15-8-11-20(18-15)16-6-4-3-5-7-16/h8,11,14,16-17,21H,2-7,9-10,12-13H2,1H3. The summed E-state index contributed by atoms with van der Waals surface area (Å²) in [4.78, 5) is 2.45. The van der Waals surface area contributed by atoms with Gasteiger partial charge in [0.05, 0.1) is 17.8 Å². The predicted molar refractivity (Wildman–Crippen MR) is 84.0 cm³/mol. The van der Waals surface area contributed by atoms with Crippen LogP contribution in [0, 0.1) is 5.92 Å². The molecule has 1 aliphatic carbocycles. The van der Waals surface area contributed by atoms with Crippen molar-refractivity contribution in [1.82, 2.24) is 14.7 Å². The zero-order valence-electron chi connectivity index (χ0n) is 13.2. The van der Waals surface area contributed by atoms with Crippen LogP contribution in [0.4, 0.5) is 0 Å². The largest absolute Gasteiger partial charge is 0.393 e. The highest BCUT2D eigenvalue weighted by Gasteiger charge is 2.26. The van der Waals surface area contributed by atoms with Gasteiger partial charge in [-0.3, -0.25) is 9.58 Å². The minimum absolute atomic E-state index is 0.106. The van der Waals surface area contributed by atoms with Gasteiger partial charge in [-0.05, 0) is 37.7 Å². The van der Waals surface area contributed by atoms with Gasteiger partial charge < -0.3 is 5.11 Å². The number of likely N-dealkylation sites (tertiary alicyclic amines) is 1. The van der Waals surface area contributed by atoms with Gasteiger partial charge in [-0.15, -0.1) is 0 Å². The Hall–Kier alpha value is -0.870. The molecule has 0 aromatic carbocycles. The Morgan fingerprint density at radius 2 is 2.05 bits per heavy atom. The molecule has 0 spiro atoms. The first-order valence-electron chi connectivity index (χ1n) is 8.70. The molecular weight excluding hydrogens is 262 g/mol. The number of aliphatic hydroxyl groups excluding tert-OH is 1. The van der Waals surface area contributed by atoms with E-state index in [0.29, 0.717) is 12.0 Å². The van der Waals surface area contributed by atoms with Crippen LogP contribution in [0.3, 0.4) is 0 Å². The summed E-state index contributed by atoms with van der Waals surface area (Å²) in [7, 11) is 0. The molecule has 2 fully saturated rings. The predicted octanol–water partition coefficient (Wildman–Crippen LogP) is 2.98. The Bertz CT molecular complexity index is 439. The molecule has 0 radical (unpaired) electrons. The SMILES string of the molecule is CCC1CN(Cc2ccn(C3CCCCC3)n2)CCC1O. The van der Waals surface area contributed by atoms with Crippen LogP contribution in [0.1, 0.15) is 63.6 Å². The van der Waals surface area contributed by atoms with Crippen molar-refractivity contribution in [3.8, 4) is 0 Å². The van der Waals surface area contributed by atoms with Crippen LogP contribution in [0.2, 0.25) is 0 Å². The first-order chi connectivity index (χ1) is 10.3. The van der Waals surface area contributed by atoms with Gasteiger partial charge in [0.2, 0.25) is 0 Å². The topological polar surface area (TPSA) is 41.3 Å². The Kier molecular flexibility index (Phi) is 4.96. The highest BCUT2D eigenvalue weighted by molar-refractivity contribution is 5.00. The van der Waals surface area contributed by atoms with Crippen LogP contribution >= 0.6 is 0 Å². The van der Waals surface area contributed by atoms with Crippen LogP contribution in [0.5, 0.6) is 0 Å². The fourth-order valence-corrected chi connectivity index (χ4v) is 3.88. The molecule has 4 nitrogen and oxygen atoms in total. The second-order valence-corrected chi connectivity index (χ2v) is 6.84. The fourth-order valence-electron chi connectivity index (χ4n) is 3.88. The lowest BCUT2D eigenvalue weighted by molar-refractivity contribution is 0.0216. The van der Waals surface area contributed by atoms with Crippen molar-refractivity contribution in [3.63, 3.8) is 0 Å². The molecule has 2 aliphatic rings. The van der Waals surface area contributed by atoms with E-state index < -0.39 is 0 Å². The van der Waals surface area contributed by atoms with Gasteiger partial charge in [-0.25, -0.2) is 0 Å². The van der Waals surface area contributed by atoms with Gasteiger partial charge >= 0.3 is 0 Å². The van der Waals surface area contributed by atoms with Crippen molar-refractivity contribution >= 4 is 0 Å². The molecule has 3 rings (SSSR count). The van der Waals surface area contributed by atoms with Gasteiger partial charge in [0, 0.05) is 25.8 Å². The normalized spacial score (nSPS) is 28.9. The maximum atomic E-state index is 9.98. The summed E-state index contributed by atoms with van der Waals surface area (Å²) >= 11 is 0. The van der Waals surface area contributed by atoms with Crippen molar-refractivity contribution in [1.29, 1.82) is 0 Å². The quantitative estimate of drug-likeness (QED) is 0.927. The van der Waals surface area contributed by atoms with Gasteiger partial charge in [-0.2, -0.15) is 5.10 Å².